The van der Waals surface area contributed by atoms with Crippen LogP contribution in [0, 0.1) is 0 Å². The Kier molecular flexibility index (Phi) is 5.83. The van der Waals surface area contributed by atoms with Gasteiger partial charge in [0, 0.05) is 70.7 Å². The number of hydrogen-bond acceptors (Lipinski definition) is 3. The van der Waals surface area contributed by atoms with Gasteiger partial charge < -0.3 is 4.57 Å². The fraction of sp³-hybridized carbons (Fsp3) is 0. The average molecular weight is 654 g/mol. The smallest absolute Gasteiger partial charge is 0.160 e. The Balaban J connectivity index is 1.41. The first-order valence-corrected chi connectivity index (χ1v) is 17.7. The highest BCUT2D eigenvalue weighted by atomic mass is 32.1. The molecule has 0 unspecified atom stereocenters. The molecule has 0 fully saturated rings. The molecule has 0 saturated heterocycles. The molecule has 4 heteroatoms. The van der Waals surface area contributed by atoms with Crippen LogP contribution < -0.4 is 0 Å². The van der Waals surface area contributed by atoms with E-state index < -0.39 is 0 Å². The second-order valence-corrected chi connectivity index (χ2v) is 13.9. The molecule has 0 aliphatic rings. The minimum atomic E-state index is 0.752. The number of thiophene rings is 1. The molecule has 0 N–H and O–H groups in total. The molecule has 50 heavy (non-hydrogen) atoms. The summed E-state index contributed by atoms with van der Waals surface area (Å²) in [6, 6.07) is 55.0. The van der Waals surface area contributed by atoms with E-state index >= 15 is 0 Å². The Morgan fingerprint density at radius 3 is 1.68 bits per heavy atom. The van der Waals surface area contributed by atoms with Crippen molar-refractivity contribution >= 4 is 85.6 Å². The van der Waals surface area contributed by atoms with Crippen molar-refractivity contribution < 1.29 is 0 Å². The Labute approximate surface area is 291 Å². The summed E-state index contributed by atoms with van der Waals surface area (Å²) in [6.07, 6.45) is 3.66. The van der Waals surface area contributed by atoms with E-state index in [1.807, 2.05) is 29.8 Å². The SMILES string of the molecule is c1ccc(-c2ccc(-n3c4c5ccccc5c5ccccc5c4c4c5c6cccc(-c7ncccn7)c6sc5c5ccccc5c43)cc2)cc1. The van der Waals surface area contributed by atoms with Gasteiger partial charge in [0.1, 0.15) is 0 Å². The monoisotopic (exact) mass is 653 g/mol. The van der Waals surface area contributed by atoms with Crippen LogP contribution in [-0.2, 0) is 0 Å². The highest BCUT2D eigenvalue weighted by molar-refractivity contribution is 7.27. The van der Waals surface area contributed by atoms with Crippen molar-refractivity contribution in [3.8, 4) is 28.2 Å². The molecule has 8 aromatic carbocycles. The number of aromatic nitrogens is 3. The molecule has 232 valence electrons. The van der Waals surface area contributed by atoms with E-state index in [0.29, 0.717) is 0 Å². The Morgan fingerprint density at radius 2 is 0.940 bits per heavy atom. The number of hydrogen-bond donors (Lipinski definition) is 0. The summed E-state index contributed by atoms with van der Waals surface area (Å²) in [7, 11) is 0. The van der Waals surface area contributed by atoms with Crippen LogP contribution in [0.4, 0.5) is 0 Å². The van der Waals surface area contributed by atoms with Crippen molar-refractivity contribution in [2.75, 3.05) is 0 Å². The molecule has 3 nitrogen and oxygen atoms in total. The second kappa shape index (κ2) is 10.6. The maximum atomic E-state index is 4.68. The second-order valence-electron chi connectivity index (χ2n) is 12.9. The fourth-order valence-corrected chi connectivity index (χ4v) is 9.55. The Hall–Kier alpha value is -6.36. The molecule has 0 spiro atoms. The number of rotatable bonds is 3. The van der Waals surface area contributed by atoms with E-state index in [1.54, 1.807) is 0 Å². The predicted octanol–water partition coefficient (Wildman–Crippen LogP) is 12.7. The van der Waals surface area contributed by atoms with Crippen molar-refractivity contribution in [1.29, 1.82) is 0 Å². The Bertz CT molecular complexity index is 3120. The molecular formula is C46H27N3S. The van der Waals surface area contributed by atoms with Crippen molar-refractivity contribution in [2.24, 2.45) is 0 Å². The van der Waals surface area contributed by atoms with Crippen LogP contribution in [-0.4, -0.2) is 14.5 Å². The minimum Gasteiger partial charge on any atom is -0.308 e. The Morgan fingerprint density at radius 1 is 0.380 bits per heavy atom. The highest BCUT2D eigenvalue weighted by Gasteiger charge is 2.25. The van der Waals surface area contributed by atoms with Gasteiger partial charge >= 0.3 is 0 Å². The molecule has 0 aliphatic carbocycles. The van der Waals surface area contributed by atoms with E-state index in [9.17, 15) is 0 Å². The standard InChI is InChI=1S/C46H27N3S/c1-2-12-28(13-3-1)29-22-24-30(25-23-29)49-42-34-17-7-5-15-32(34)31-14-4-6-16-33(31)39(42)41-40-37-20-10-21-38(46-47-26-11-27-48-46)44(37)50-45(40)36-19-9-8-18-35(36)43(41)49/h1-27H. The zero-order valence-corrected chi connectivity index (χ0v) is 27.7. The third-order valence-electron chi connectivity index (χ3n) is 10.3. The summed E-state index contributed by atoms with van der Waals surface area (Å²) in [4.78, 5) is 9.37. The van der Waals surface area contributed by atoms with Gasteiger partial charge in [-0.25, -0.2) is 9.97 Å². The fourth-order valence-electron chi connectivity index (χ4n) is 8.20. The maximum Gasteiger partial charge on any atom is 0.160 e. The number of fused-ring (bicyclic) bond motifs is 15. The van der Waals surface area contributed by atoms with Gasteiger partial charge in [-0.05, 0) is 51.6 Å². The van der Waals surface area contributed by atoms with Crippen LogP contribution in [0.2, 0.25) is 0 Å². The first kappa shape index (κ1) is 27.6. The van der Waals surface area contributed by atoms with Crippen LogP contribution >= 0.6 is 11.3 Å². The molecule has 0 bridgehead atoms. The zero-order chi connectivity index (χ0) is 32.8. The molecular weight excluding hydrogens is 627 g/mol. The molecule has 0 radical (unpaired) electrons. The van der Waals surface area contributed by atoms with Crippen molar-refractivity contribution in [3.63, 3.8) is 0 Å². The lowest BCUT2D eigenvalue weighted by molar-refractivity contribution is 1.18. The van der Waals surface area contributed by atoms with E-state index in [0.717, 1.165) is 17.1 Å². The van der Waals surface area contributed by atoms with Crippen LogP contribution in [0.3, 0.4) is 0 Å². The van der Waals surface area contributed by atoms with Crippen LogP contribution in [0.1, 0.15) is 0 Å². The summed E-state index contributed by atoms with van der Waals surface area (Å²) >= 11 is 1.86. The number of benzene rings is 8. The highest BCUT2D eigenvalue weighted by Crippen LogP contribution is 2.52. The lowest BCUT2D eigenvalue weighted by atomic mass is 9.94. The van der Waals surface area contributed by atoms with Crippen LogP contribution in [0.5, 0.6) is 0 Å². The normalized spacial score (nSPS) is 12.0. The average Bonchev–Trinajstić information content (AvgIpc) is 3.76. The quantitative estimate of drug-likeness (QED) is 0.178. The molecule has 11 rings (SSSR count). The van der Waals surface area contributed by atoms with E-state index in [2.05, 4.69) is 160 Å². The summed E-state index contributed by atoms with van der Waals surface area (Å²) in [6.45, 7) is 0. The van der Waals surface area contributed by atoms with Gasteiger partial charge in [0.25, 0.3) is 0 Å². The molecule has 3 aromatic heterocycles. The first-order valence-electron chi connectivity index (χ1n) is 16.9. The molecule has 0 aliphatic heterocycles. The molecule has 11 aromatic rings. The summed E-state index contributed by atoms with van der Waals surface area (Å²) in [5, 5.41) is 12.7. The topological polar surface area (TPSA) is 30.7 Å². The third-order valence-corrected chi connectivity index (χ3v) is 11.5. The van der Waals surface area contributed by atoms with Gasteiger partial charge in [-0.2, -0.15) is 0 Å². The van der Waals surface area contributed by atoms with Gasteiger partial charge in [0.05, 0.1) is 11.0 Å². The third kappa shape index (κ3) is 3.79. The number of nitrogens with zero attached hydrogens (tertiary/aromatic N) is 3. The largest absolute Gasteiger partial charge is 0.308 e. The van der Waals surface area contributed by atoms with Gasteiger partial charge in [-0.3, -0.25) is 0 Å². The van der Waals surface area contributed by atoms with Gasteiger partial charge in [0.15, 0.2) is 5.82 Å². The molecule has 3 heterocycles. The van der Waals surface area contributed by atoms with E-state index in [1.165, 1.54) is 85.4 Å². The minimum absolute atomic E-state index is 0.752. The predicted molar refractivity (Wildman–Crippen MR) is 213 cm³/mol. The summed E-state index contributed by atoms with van der Waals surface area (Å²) in [5.74, 6) is 0.752. The van der Waals surface area contributed by atoms with Gasteiger partial charge in [-0.1, -0.05) is 127 Å². The van der Waals surface area contributed by atoms with Gasteiger partial charge in [0.2, 0.25) is 0 Å². The summed E-state index contributed by atoms with van der Waals surface area (Å²) < 4.78 is 5.05. The van der Waals surface area contributed by atoms with E-state index in [4.69, 9.17) is 0 Å². The molecule has 0 saturated carbocycles. The van der Waals surface area contributed by atoms with Crippen LogP contribution in [0.15, 0.2) is 164 Å². The zero-order valence-electron chi connectivity index (χ0n) is 26.8. The maximum absolute atomic E-state index is 4.68. The van der Waals surface area contributed by atoms with Crippen molar-refractivity contribution in [3.05, 3.63) is 164 Å². The molecule has 0 amide bonds. The van der Waals surface area contributed by atoms with Gasteiger partial charge in [-0.15, -0.1) is 11.3 Å². The van der Waals surface area contributed by atoms with Crippen molar-refractivity contribution in [2.45, 2.75) is 0 Å². The molecule has 0 atom stereocenters. The lowest BCUT2D eigenvalue weighted by Crippen LogP contribution is -1.96. The van der Waals surface area contributed by atoms with E-state index in [-0.39, 0.29) is 0 Å². The lowest BCUT2D eigenvalue weighted by Gasteiger charge is -2.13. The van der Waals surface area contributed by atoms with Crippen LogP contribution in [0.25, 0.3) is 102 Å². The first-order chi connectivity index (χ1) is 24.8. The van der Waals surface area contributed by atoms with Crippen molar-refractivity contribution in [1.82, 2.24) is 14.5 Å². The summed E-state index contributed by atoms with van der Waals surface area (Å²) in [5.41, 5.74) is 7.11.